The summed E-state index contributed by atoms with van der Waals surface area (Å²) in [4.78, 5) is 30.2. The maximum Gasteiger partial charge on any atom is 0.253 e. The zero-order valence-corrected chi connectivity index (χ0v) is 20.0. The van der Waals surface area contributed by atoms with Gasteiger partial charge in [0.1, 0.15) is 0 Å². The molecular weight excluding hydrogens is 410 g/mol. The van der Waals surface area contributed by atoms with E-state index >= 15 is 0 Å². The van der Waals surface area contributed by atoms with E-state index in [2.05, 4.69) is 42.4 Å². The van der Waals surface area contributed by atoms with Gasteiger partial charge in [-0.1, -0.05) is 42.5 Å². The number of carbonyl (C=O) groups excluding carboxylic acids is 2. The summed E-state index contributed by atoms with van der Waals surface area (Å²) in [6.07, 6.45) is 0. The van der Waals surface area contributed by atoms with Gasteiger partial charge in [-0.25, -0.2) is 0 Å². The predicted octanol–water partition coefficient (Wildman–Crippen LogP) is 4.99. The Hall–Kier alpha value is -3.18. The summed E-state index contributed by atoms with van der Waals surface area (Å²) in [5.74, 6) is 0.213. The van der Waals surface area contributed by atoms with Gasteiger partial charge in [0.15, 0.2) is 5.78 Å². The van der Waals surface area contributed by atoms with E-state index in [1.807, 2.05) is 60.4 Å². The lowest BCUT2D eigenvalue weighted by atomic mass is 10.0. The molecule has 2 aromatic carbocycles. The van der Waals surface area contributed by atoms with E-state index in [4.69, 9.17) is 0 Å². The van der Waals surface area contributed by atoms with Crippen molar-refractivity contribution >= 4 is 11.7 Å². The van der Waals surface area contributed by atoms with Gasteiger partial charge in [-0.3, -0.25) is 14.5 Å². The van der Waals surface area contributed by atoms with E-state index < -0.39 is 0 Å². The molecule has 1 aliphatic heterocycles. The standard InChI is InChI=1S/C28H33N3O2/c1-20(2)31-21(3)17-26(22(31)4)27(32)19-29-13-15-30(16-14-29)28(33)25-12-8-11-24(18-25)23-9-6-5-7-10-23/h5-12,17-18,20H,13-16,19H2,1-4H3. The van der Waals surface area contributed by atoms with Gasteiger partial charge in [0.25, 0.3) is 5.91 Å². The highest BCUT2D eigenvalue weighted by Crippen LogP contribution is 2.22. The summed E-state index contributed by atoms with van der Waals surface area (Å²) in [6.45, 7) is 11.4. The summed E-state index contributed by atoms with van der Waals surface area (Å²) in [5.41, 5.74) is 5.84. The van der Waals surface area contributed by atoms with E-state index in [1.54, 1.807) is 0 Å². The number of benzene rings is 2. The van der Waals surface area contributed by atoms with Crippen LogP contribution in [0.3, 0.4) is 0 Å². The number of aromatic nitrogens is 1. The molecule has 0 bridgehead atoms. The molecule has 0 unspecified atom stereocenters. The molecule has 0 N–H and O–H groups in total. The Kier molecular flexibility index (Phi) is 6.80. The molecule has 1 fully saturated rings. The fourth-order valence-corrected chi connectivity index (χ4v) is 4.90. The molecule has 1 saturated heterocycles. The number of rotatable bonds is 6. The van der Waals surface area contributed by atoms with Crippen LogP contribution in [0.15, 0.2) is 60.7 Å². The van der Waals surface area contributed by atoms with Crippen molar-refractivity contribution in [3.63, 3.8) is 0 Å². The Morgan fingerprint density at radius 1 is 0.848 bits per heavy atom. The van der Waals surface area contributed by atoms with Crippen molar-refractivity contribution in [2.75, 3.05) is 32.7 Å². The Balaban J connectivity index is 1.37. The fourth-order valence-electron chi connectivity index (χ4n) is 4.90. The largest absolute Gasteiger partial charge is 0.346 e. The van der Waals surface area contributed by atoms with Gasteiger partial charge < -0.3 is 9.47 Å². The molecule has 0 spiro atoms. The van der Waals surface area contributed by atoms with Crippen LogP contribution in [0.4, 0.5) is 0 Å². The third kappa shape index (κ3) is 4.93. The van der Waals surface area contributed by atoms with Crippen molar-refractivity contribution in [1.82, 2.24) is 14.4 Å². The van der Waals surface area contributed by atoms with E-state index in [9.17, 15) is 9.59 Å². The molecule has 1 aliphatic rings. The van der Waals surface area contributed by atoms with Crippen LogP contribution in [0.25, 0.3) is 11.1 Å². The molecule has 5 nitrogen and oxygen atoms in total. The molecular formula is C28H33N3O2. The summed E-state index contributed by atoms with van der Waals surface area (Å²) in [6, 6.07) is 20.3. The van der Waals surface area contributed by atoms with Crippen LogP contribution >= 0.6 is 0 Å². The van der Waals surface area contributed by atoms with Gasteiger partial charge in [0.2, 0.25) is 0 Å². The number of nitrogens with zero attached hydrogens (tertiary/aromatic N) is 3. The number of aryl methyl sites for hydroxylation is 1. The second kappa shape index (κ2) is 9.75. The zero-order chi connectivity index (χ0) is 23.5. The van der Waals surface area contributed by atoms with E-state index in [1.165, 1.54) is 0 Å². The van der Waals surface area contributed by atoms with E-state index in [-0.39, 0.29) is 11.7 Å². The van der Waals surface area contributed by atoms with Gasteiger partial charge in [-0.15, -0.1) is 0 Å². The SMILES string of the molecule is Cc1cc(C(=O)CN2CCN(C(=O)c3cccc(-c4ccccc4)c3)CC2)c(C)n1C(C)C. The highest BCUT2D eigenvalue weighted by Gasteiger charge is 2.25. The number of Topliss-reactive ketones (excluding diaryl/α,β-unsaturated/α-hetero) is 1. The molecule has 33 heavy (non-hydrogen) atoms. The molecule has 0 aliphatic carbocycles. The molecule has 0 radical (unpaired) electrons. The first kappa shape index (κ1) is 23.0. The Morgan fingerprint density at radius 3 is 2.15 bits per heavy atom. The Morgan fingerprint density at radius 2 is 1.52 bits per heavy atom. The number of piperazine rings is 1. The molecule has 0 atom stereocenters. The van der Waals surface area contributed by atoms with Crippen LogP contribution in [-0.4, -0.2) is 58.8 Å². The van der Waals surface area contributed by atoms with E-state index in [0.29, 0.717) is 44.3 Å². The fraction of sp³-hybridized carbons (Fsp3) is 0.357. The number of carbonyl (C=O) groups is 2. The van der Waals surface area contributed by atoms with Gasteiger partial charge >= 0.3 is 0 Å². The van der Waals surface area contributed by atoms with Crippen LogP contribution in [0.5, 0.6) is 0 Å². The summed E-state index contributed by atoms with van der Waals surface area (Å²) in [5, 5.41) is 0. The quantitative estimate of drug-likeness (QED) is 0.504. The smallest absolute Gasteiger partial charge is 0.253 e. The molecule has 4 rings (SSSR count). The second-order valence-electron chi connectivity index (χ2n) is 9.19. The minimum Gasteiger partial charge on any atom is -0.346 e. The zero-order valence-electron chi connectivity index (χ0n) is 20.0. The van der Waals surface area contributed by atoms with Gasteiger partial charge in [0.05, 0.1) is 6.54 Å². The second-order valence-corrected chi connectivity index (χ2v) is 9.19. The van der Waals surface area contributed by atoms with Gasteiger partial charge in [-0.05, 0) is 57.0 Å². The van der Waals surface area contributed by atoms with Crippen molar-refractivity contribution in [1.29, 1.82) is 0 Å². The monoisotopic (exact) mass is 443 g/mol. The van der Waals surface area contributed by atoms with Crippen LogP contribution in [0, 0.1) is 13.8 Å². The Labute approximate surface area is 196 Å². The maximum absolute atomic E-state index is 13.1. The highest BCUT2D eigenvalue weighted by atomic mass is 16.2. The van der Waals surface area contributed by atoms with Crippen molar-refractivity contribution < 1.29 is 9.59 Å². The van der Waals surface area contributed by atoms with Crippen LogP contribution in [-0.2, 0) is 0 Å². The normalized spacial score (nSPS) is 14.6. The maximum atomic E-state index is 13.1. The average Bonchev–Trinajstić information content (AvgIpc) is 3.14. The Bertz CT molecular complexity index is 1140. The molecule has 0 saturated carbocycles. The molecule has 172 valence electrons. The van der Waals surface area contributed by atoms with Crippen molar-refractivity contribution in [3.8, 4) is 11.1 Å². The highest BCUT2D eigenvalue weighted by molar-refractivity contribution is 5.99. The third-order valence-electron chi connectivity index (χ3n) is 6.54. The molecule has 1 aromatic heterocycles. The third-order valence-corrected chi connectivity index (χ3v) is 6.54. The lowest BCUT2D eigenvalue weighted by molar-refractivity contribution is 0.0624. The lowest BCUT2D eigenvalue weighted by Gasteiger charge is -2.34. The van der Waals surface area contributed by atoms with E-state index in [0.717, 1.165) is 28.1 Å². The van der Waals surface area contributed by atoms with Crippen LogP contribution in [0.1, 0.15) is 52.0 Å². The minimum atomic E-state index is 0.0548. The lowest BCUT2D eigenvalue weighted by Crippen LogP contribution is -2.49. The predicted molar refractivity (Wildman–Crippen MR) is 133 cm³/mol. The topological polar surface area (TPSA) is 45.6 Å². The summed E-state index contributed by atoms with van der Waals surface area (Å²) < 4.78 is 2.22. The molecule has 2 heterocycles. The van der Waals surface area contributed by atoms with Gasteiger partial charge in [0, 0.05) is 54.7 Å². The summed E-state index contributed by atoms with van der Waals surface area (Å²) in [7, 11) is 0. The van der Waals surface area contributed by atoms with Crippen molar-refractivity contribution in [2.45, 2.75) is 33.7 Å². The van der Waals surface area contributed by atoms with Crippen molar-refractivity contribution in [3.05, 3.63) is 83.2 Å². The van der Waals surface area contributed by atoms with Crippen LogP contribution in [0.2, 0.25) is 0 Å². The summed E-state index contributed by atoms with van der Waals surface area (Å²) >= 11 is 0. The number of ketones is 1. The minimum absolute atomic E-state index is 0.0548. The first-order chi connectivity index (χ1) is 15.8. The number of hydrogen-bond donors (Lipinski definition) is 0. The molecule has 1 amide bonds. The molecule has 5 heteroatoms. The van der Waals surface area contributed by atoms with Crippen molar-refractivity contribution in [2.24, 2.45) is 0 Å². The van der Waals surface area contributed by atoms with Crippen LogP contribution < -0.4 is 0 Å². The number of amides is 1. The van der Waals surface area contributed by atoms with Gasteiger partial charge in [-0.2, -0.15) is 0 Å². The average molecular weight is 444 g/mol. The first-order valence-corrected chi connectivity index (χ1v) is 11.7. The molecule has 3 aromatic rings. The first-order valence-electron chi connectivity index (χ1n) is 11.7. The number of hydrogen-bond acceptors (Lipinski definition) is 3.